The molecule has 1 N–H and O–H groups in total. The van der Waals surface area contributed by atoms with Gasteiger partial charge in [-0.05, 0) is 60.6 Å². The van der Waals surface area contributed by atoms with Crippen molar-refractivity contribution in [2.24, 2.45) is 0 Å². The van der Waals surface area contributed by atoms with E-state index in [0.717, 1.165) is 29.1 Å². The molecular weight excluding hydrogens is 435 g/mol. The maximum Gasteiger partial charge on any atom is 0.417 e. The lowest BCUT2D eigenvalue weighted by Crippen LogP contribution is -2.07. The van der Waals surface area contributed by atoms with Gasteiger partial charge in [-0.25, -0.2) is 9.67 Å². The molecule has 33 heavy (non-hydrogen) atoms. The lowest BCUT2D eigenvalue weighted by Gasteiger charge is -2.08. The molecular formula is C24H26F3N3O3. The first-order chi connectivity index (χ1) is 15.6. The highest BCUT2D eigenvalue weighted by Crippen LogP contribution is 2.29. The molecule has 3 rings (SSSR count). The molecule has 0 saturated heterocycles. The summed E-state index contributed by atoms with van der Waals surface area (Å²) in [7, 11) is 0. The summed E-state index contributed by atoms with van der Waals surface area (Å²) >= 11 is 0. The number of rotatable bonds is 10. The van der Waals surface area contributed by atoms with Gasteiger partial charge in [-0.2, -0.15) is 18.3 Å². The lowest BCUT2D eigenvalue weighted by molar-refractivity contribution is -0.138. The van der Waals surface area contributed by atoms with Gasteiger partial charge in [0.25, 0.3) is 0 Å². The SMILES string of the molecule is CC(C)c1nn(-c2ccc(C(F)(F)F)cn2)cc1CCCOc1cccc(CCC(=O)O)c1. The van der Waals surface area contributed by atoms with Crippen molar-refractivity contribution >= 4 is 5.97 Å². The molecule has 0 aliphatic rings. The number of aliphatic carboxylic acids is 1. The predicted molar refractivity (Wildman–Crippen MR) is 117 cm³/mol. The number of carbonyl (C=O) groups is 1. The normalized spacial score (nSPS) is 11.7. The highest BCUT2D eigenvalue weighted by Gasteiger charge is 2.30. The van der Waals surface area contributed by atoms with Crippen LogP contribution in [0.4, 0.5) is 13.2 Å². The van der Waals surface area contributed by atoms with Gasteiger partial charge in [-0.3, -0.25) is 4.79 Å². The van der Waals surface area contributed by atoms with Gasteiger partial charge >= 0.3 is 12.1 Å². The van der Waals surface area contributed by atoms with E-state index >= 15 is 0 Å². The number of halogens is 3. The minimum Gasteiger partial charge on any atom is -0.494 e. The van der Waals surface area contributed by atoms with E-state index in [1.807, 2.05) is 38.1 Å². The van der Waals surface area contributed by atoms with Gasteiger partial charge in [-0.1, -0.05) is 26.0 Å². The zero-order valence-electron chi connectivity index (χ0n) is 18.5. The summed E-state index contributed by atoms with van der Waals surface area (Å²) in [6, 6.07) is 9.69. The Balaban J connectivity index is 1.61. The molecule has 0 bridgehead atoms. The van der Waals surface area contributed by atoms with Crippen LogP contribution >= 0.6 is 0 Å². The Morgan fingerprint density at radius 3 is 2.61 bits per heavy atom. The van der Waals surface area contributed by atoms with Gasteiger partial charge < -0.3 is 9.84 Å². The lowest BCUT2D eigenvalue weighted by atomic mass is 10.0. The highest BCUT2D eigenvalue weighted by molar-refractivity contribution is 5.67. The molecule has 0 saturated carbocycles. The number of benzene rings is 1. The zero-order chi connectivity index (χ0) is 24.0. The van der Waals surface area contributed by atoms with Crippen LogP contribution < -0.4 is 4.74 Å². The number of nitrogens with zero attached hydrogens (tertiary/aromatic N) is 3. The third-order valence-corrected chi connectivity index (χ3v) is 5.06. The van der Waals surface area contributed by atoms with E-state index in [1.54, 1.807) is 6.20 Å². The van der Waals surface area contributed by atoms with Crippen LogP contribution in [0.3, 0.4) is 0 Å². The number of aryl methyl sites for hydroxylation is 2. The Morgan fingerprint density at radius 1 is 1.18 bits per heavy atom. The Labute approximate surface area is 190 Å². The summed E-state index contributed by atoms with van der Waals surface area (Å²) in [5.74, 6) is 0.314. The minimum absolute atomic E-state index is 0.0687. The Morgan fingerprint density at radius 2 is 1.97 bits per heavy atom. The van der Waals surface area contributed by atoms with Gasteiger partial charge in [0.15, 0.2) is 5.82 Å². The number of aromatic nitrogens is 3. The number of ether oxygens (including phenoxy) is 1. The molecule has 2 aromatic heterocycles. The molecule has 0 radical (unpaired) electrons. The second-order valence-corrected chi connectivity index (χ2v) is 8.03. The van der Waals surface area contributed by atoms with Crippen molar-refractivity contribution < 1.29 is 27.8 Å². The fourth-order valence-corrected chi connectivity index (χ4v) is 3.40. The van der Waals surface area contributed by atoms with Crippen molar-refractivity contribution in [3.8, 4) is 11.6 Å². The molecule has 3 aromatic rings. The van der Waals surface area contributed by atoms with E-state index in [2.05, 4.69) is 10.1 Å². The third kappa shape index (κ3) is 6.81. The van der Waals surface area contributed by atoms with Gasteiger partial charge in [0.1, 0.15) is 5.75 Å². The van der Waals surface area contributed by atoms with Gasteiger partial charge in [0.2, 0.25) is 0 Å². The Hall–Kier alpha value is -3.36. The molecule has 1 aromatic carbocycles. The van der Waals surface area contributed by atoms with Crippen LogP contribution in [0.25, 0.3) is 5.82 Å². The van der Waals surface area contributed by atoms with Gasteiger partial charge in [-0.15, -0.1) is 0 Å². The monoisotopic (exact) mass is 461 g/mol. The van der Waals surface area contributed by atoms with E-state index in [-0.39, 0.29) is 12.3 Å². The largest absolute Gasteiger partial charge is 0.494 e. The average Bonchev–Trinajstić information content (AvgIpc) is 3.20. The first-order valence-corrected chi connectivity index (χ1v) is 10.7. The van der Waals surface area contributed by atoms with Crippen LogP contribution in [0.5, 0.6) is 5.75 Å². The molecule has 176 valence electrons. The van der Waals surface area contributed by atoms with E-state index in [4.69, 9.17) is 9.84 Å². The Bertz CT molecular complexity index is 1080. The summed E-state index contributed by atoms with van der Waals surface area (Å²) < 4.78 is 45.7. The maximum atomic E-state index is 12.8. The van der Waals surface area contributed by atoms with E-state index in [9.17, 15) is 18.0 Å². The predicted octanol–water partition coefficient (Wildman–Crippen LogP) is 5.44. The number of alkyl halides is 3. The number of hydrogen-bond donors (Lipinski definition) is 1. The summed E-state index contributed by atoms with van der Waals surface area (Å²) in [5.41, 5.74) is 1.96. The standard InChI is InChI=1S/C24H26F3N3O3/c1-16(2)23-18(15-30(29-23)21-10-9-19(14-28-21)24(25,26)27)6-4-12-33-20-7-3-5-17(13-20)8-11-22(31)32/h3,5,7,9-10,13-16H,4,6,8,11-12H2,1-2H3,(H,31,32). The number of hydrogen-bond acceptors (Lipinski definition) is 4. The van der Waals surface area contributed by atoms with Crippen molar-refractivity contribution in [3.63, 3.8) is 0 Å². The van der Waals surface area contributed by atoms with E-state index < -0.39 is 17.7 Å². The van der Waals surface area contributed by atoms with Crippen LogP contribution in [-0.4, -0.2) is 32.4 Å². The van der Waals surface area contributed by atoms with Crippen LogP contribution in [0.2, 0.25) is 0 Å². The zero-order valence-corrected chi connectivity index (χ0v) is 18.5. The number of pyridine rings is 1. The van der Waals surface area contributed by atoms with Crippen molar-refractivity contribution in [1.82, 2.24) is 14.8 Å². The molecule has 0 atom stereocenters. The highest BCUT2D eigenvalue weighted by atomic mass is 19.4. The summed E-state index contributed by atoms with van der Waals surface area (Å²) in [5, 5.41) is 13.4. The Kier molecular flexibility index (Phi) is 7.73. The molecule has 0 unspecified atom stereocenters. The fraction of sp³-hybridized carbons (Fsp3) is 0.375. The van der Waals surface area contributed by atoms with Crippen molar-refractivity contribution in [1.29, 1.82) is 0 Å². The van der Waals surface area contributed by atoms with Crippen molar-refractivity contribution in [2.75, 3.05) is 6.61 Å². The first kappa shape index (κ1) is 24.3. The molecule has 0 amide bonds. The molecule has 6 nitrogen and oxygen atoms in total. The molecule has 0 aliphatic heterocycles. The van der Waals surface area contributed by atoms with Gasteiger partial charge in [0, 0.05) is 18.8 Å². The maximum absolute atomic E-state index is 12.8. The van der Waals surface area contributed by atoms with Crippen LogP contribution in [-0.2, 0) is 23.8 Å². The summed E-state index contributed by atoms with van der Waals surface area (Å²) in [6.45, 7) is 4.48. The van der Waals surface area contributed by atoms with E-state index in [0.29, 0.717) is 37.4 Å². The van der Waals surface area contributed by atoms with E-state index in [1.165, 1.54) is 10.7 Å². The second-order valence-electron chi connectivity index (χ2n) is 8.03. The van der Waals surface area contributed by atoms with Gasteiger partial charge in [0.05, 0.1) is 17.9 Å². The first-order valence-electron chi connectivity index (χ1n) is 10.7. The fourth-order valence-electron chi connectivity index (χ4n) is 3.40. The molecule has 9 heteroatoms. The van der Waals surface area contributed by atoms with Crippen molar-refractivity contribution in [2.45, 2.75) is 51.6 Å². The molecule has 2 heterocycles. The topological polar surface area (TPSA) is 77.2 Å². The summed E-state index contributed by atoms with van der Waals surface area (Å²) in [6.07, 6.45) is 0.0972. The molecule has 0 spiro atoms. The molecule has 0 fully saturated rings. The van der Waals surface area contributed by atoms with Crippen molar-refractivity contribution in [3.05, 3.63) is 71.2 Å². The average molecular weight is 461 g/mol. The smallest absolute Gasteiger partial charge is 0.417 e. The van der Waals surface area contributed by atoms with Crippen LogP contribution in [0.1, 0.15) is 55.0 Å². The van der Waals surface area contributed by atoms with Crippen LogP contribution in [0.15, 0.2) is 48.8 Å². The number of carboxylic acid groups (broad SMARTS) is 1. The minimum atomic E-state index is -4.43. The number of carboxylic acids is 1. The van der Waals surface area contributed by atoms with Crippen LogP contribution in [0, 0.1) is 0 Å². The quantitative estimate of drug-likeness (QED) is 0.407. The second kappa shape index (κ2) is 10.5. The molecule has 0 aliphatic carbocycles. The summed E-state index contributed by atoms with van der Waals surface area (Å²) in [4.78, 5) is 14.7. The third-order valence-electron chi connectivity index (χ3n) is 5.06.